The van der Waals surface area contributed by atoms with E-state index in [0.717, 1.165) is 32.5 Å². The Labute approximate surface area is 113 Å². The van der Waals surface area contributed by atoms with E-state index in [0.29, 0.717) is 5.75 Å². The van der Waals surface area contributed by atoms with Gasteiger partial charge in [0, 0.05) is 19.6 Å². The van der Waals surface area contributed by atoms with Gasteiger partial charge in [-0.1, -0.05) is 12.1 Å². The first-order chi connectivity index (χ1) is 9.19. The fourth-order valence-electron chi connectivity index (χ4n) is 2.29. The second-order valence-corrected chi connectivity index (χ2v) is 4.74. The lowest BCUT2D eigenvalue weighted by molar-refractivity contribution is 0.0694. The predicted molar refractivity (Wildman–Crippen MR) is 73.7 cm³/mol. The molecule has 1 aliphatic heterocycles. The van der Waals surface area contributed by atoms with Crippen LogP contribution in [-0.2, 0) is 0 Å². The molecule has 0 unspecified atom stereocenters. The Balaban J connectivity index is 1.90. The molecule has 1 aliphatic rings. The summed E-state index contributed by atoms with van der Waals surface area (Å²) in [5, 5.41) is 8.94. The summed E-state index contributed by atoms with van der Waals surface area (Å²) in [7, 11) is 0. The molecule has 1 aromatic carbocycles. The molecule has 0 aromatic heterocycles. The topological polar surface area (TPSA) is 49.8 Å². The Morgan fingerprint density at radius 1 is 1.47 bits per heavy atom. The van der Waals surface area contributed by atoms with Crippen molar-refractivity contribution < 1.29 is 14.6 Å². The normalized spacial score (nSPS) is 17.1. The van der Waals surface area contributed by atoms with Gasteiger partial charge >= 0.3 is 5.97 Å². The number of likely N-dealkylation sites (tertiary alicyclic amines) is 1. The van der Waals surface area contributed by atoms with E-state index < -0.39 is 5.97 Å². The molecule has 1 aromatic rings. The molecule has 0 aliphatic carbocycles. The molecule has 2 rings (SSSR count). The number of carboxylic acids is 1. The predicted octanol–water partition coefficient (Wildman–Crippen LogP) is 2.41. The van der Waals surface area contributed by atoms with Crippen LogP contribution in [0.3, 0.4) is 0 Å². The summed E-state index contributed by atoms with van der Waals surface area (Å²) in [4.78, 5) is 13.2. The van der Waals surface area contributed by atoms with E-state index in [9.17, 15) is 4.79 Å². The van der Waals surface area contributed by atoms with E-state index in [1.807, 2.05) is 12.1 Å². The lowest BCUT2D eigenvalue weighted by atomic mass is 10.1. The first-order valence-corrected chi connectivity index (χ1v) is 6.52. The Bertz CT molecular complexity index is 450. The van der Waals surface area contributed by atoms with Gasteiger partial charge in [0.25, 0.3) is 0 Å². The fraction of sp³-hybridized carbons (Fsp3) is 0.400. The number of nitrogens with zero attached hydrogens (tertiary/aromatic N) is 1. The summed E-state index contributed by atoms with van der Waals surface area (Å²) in [6.07, 6.45) is 4.01. The summed E-state index contributed by atoms with van der Waals surface area (Å²) in [6, 6.07) is 6.68. The Morgan fingerprint density at radius 3 is 2.84 bits per heavy atom. The van der Waals surface area contributed by atoms with Gasteiger partial charge < -0.3 is 9.84 Å². The minimum absolute atomic E-state index is 0.171. The third-order valence-electron chi connectivity index (χ3n) is 3.31. The van der Waals surface area contributed by atoms with E-state index >= 15 is 0 Å². The minimum atomic E-state index is -0.925. The van der Waals surface area contributed by atoms with Crippen molar-refractivity contribution in [3.05, 3.63) is 42.5 Å². The van der Waals surface area contributed by atoms with E-state index in [2.05, 4.69) is 11.5 Å². The molecule has 0 bridgehead atoms. The van der Waals surface area contributed by atoms with Crippen molar-refractivity contribution in [2.24, 2.45) is 0 Å². The molecule has 0 saturated carbocycles. The molecule has 4 heteroatoms. The number of aromatic carboxylic acids is 1. The van der Waals surface area contributed by atoms with Crippen LogP contribution in [0.5, 0.6) is 5.75 Å². The van der Waals surface area contributed by atoms with Crippen molar-refractivity contribution in [3.8, 4) is 5.75 Å². The highest BCUT2D eigenvalue weighted by molar-refractivity contribution is 5.87. The van der Waals surface area contributed by atoms with Crippen LogP contribution < -0.4 is 4.74 Å². The first-order valence-electron chi connectivity index (χ1n) is 6.52. The van der Waals surface area contributed by atoms with E-state index in [-0.39, 0.29) is 11.7 Å². The zero-order valence-corrected chi connectivity index (χ0v) is 10.9. The van der Waals surface area contributed by atoms with Gasteiger partial charge in [-0.25, -0.2) is 4.79 Å². The largest absolute Gasteiger partial charge is 0.490 e. The maximum absolute atomic E-state index is 10.9. The molecule has 1 fully saturated rings. The molecule has 1 N–H and O–H groups in total. The van der Waals surface area contributed by atoms with Crippen molar-refractivity contribution in [2.45, 2.75) is 18.9 Å². The number of rotatable bonds is 5. The second-order valence-electron chi connectivity index (χ2n) is 4.74. The van der Waals surface area contributed by atoms with Crippen LogP contribution in [0.25, 0.3) is 0 Å². The third-order valence-corrected chi connectivity index (χ3v) is 3.31. The summed E-state index contributed by atoms with van der Waals surface area (Å²) in [6.45, 7) is 6.65. The highest BCUT2D eigenvalue weighted by atomic mass is 16.5. The van der Waals surface area contributed by atoms with Crippen molar-refractivity contribution >= 4 is 5.97 Å². The maximum Gasteiger partial charge on any atom is 0.335 e. The van der Waals surface area contributed by atoms with Crippen molar-refractivity contribution in [1.82, 2.24) is 4.90 Å². The highest BCUT2D eigenvalue weighted by Crippen LogP contribution is 2.20. The molecule has 1 saturated heterocycles. The maximum atomic E-state index is 10.9. The number of hydrogen-bond acceptors (Lipinski definition) is 3. The average molecular weight is 261 g/mol. The number of carbonyl (C=O) groups is 1. The monoisotopic (exact) mass is 261 g/mol. The lowest BCUT2D eigenvalue weighted by Crippen LogP contribution is -2.38. The third kappa shape index (κ3) is 3.83. The number of ether oxygens (including phenoxy) is 1. The van der Waals surface area contributed by atoms with E-state index in [1.54, 1.807) is 18.2 Å². The quantitative estimate of drug-likeness (QED) is 0.827. The second kappa shape index (κ2) is 6.38. The van der Waals surface area contributed by atoms with Gasteiger partial charge in [-0.05, 0) is 31.0 Å². The summed E-state index contributed by atoms with van der Waals surface area (Å²) < 4.78 is 5.86. The fourth-order valence-corrected chi connectivity index (χ4v) is 2.29. The Hall–Kier alpha value is -1.81. The molecule has 102 valence electrons. The molecule has 4 nitrogen and oxygen atoms in total. The zero-order chi connectivity index (χ0) is 13.7. The van der Waals surface area contributed by atoms with Crippen LogP contribution in [0, 0.1) is 0 Å². The number of hydrogen-bond donors (Lipinski definition) is 1. The number of benzene rings is 1. The summed E-state index contributed by atoms with van der Waals surface area (Å²) in [5.74, 6) is -0.284. The molecule has 0 amide bonds. The molecule has 1 heterocycles. The lowest BCUT2D eigenvalue weighted by Gasteiger charge is -2.31. The molecular formula is C15H19NO3. The number of carboxylic acid groups (broad SMARTS) is 1. The Kier molecular flexibility index (Phi) is 4.58. The molecule has 19 heavy (non-hydrogen) atoms. The van der Waals surface area contributed by atoms with Crippen LogP contribution >= 0.6 is 0 Å². The molecule has 0 radical (unpaired) electrons. The van der Waals surface area contributed by atoms with Gasteiger partial charge in [-0.2, -0.15) is 0 Å². The summed E-state index contributed by atoms with van der Waals surface area (Å²) >= 11 is 0. The van der Waals surface area contributed by atoms with Gasteiger partial charge in [0.1, 0.15) is 11.9 Å². The first kappa shape index (κ1) is 13.6. The van der Waals surface area contributed by atoms with Gasteiger partial charge in [0.05, 0.1) is 5.56 Å². The van der Waals surface area contributed by atoms with Gasteiger partial charge in [-0.15, -0.1) is 6.58 Å². The van der Waals surface area contributed by atoms with Crippen LogP contribution in [0.1, 0.15) is 23.2 Å². The van der Waals surface area contributed by atoms with Crippen molar-refractivity contribution in [2.75, 3.05) is 19.6 Å². The van der Waals surface area contributed by atoms with Gasteiger partial charge in [0.15, 0.2) is 0 Å². The van der Waals surface area contributed by atoms with Gasteiger partial charge in [0.2, 0.25) is 0 Å². The van der Waals surface area contributed by atoms with Gasteiger partial charge in [-0.3, -0.25) is 4.90 Å². The van der Waals surface area contributed by atoms with Crippen LogP contribution in [0.4, 0.5) is 0 Å². The SMILES string of the molecule is C=CCN1CCC(Oc2cccc(C(=O)O)c2)CC1. The standard InChI is InChI=1S/C15H19NO3/c1-2-8-16-9-6-13(7-10-16)19-14-5-3-4-12(11-14)15(17)18/h2-5,11,13H,1,6-10H2,(H,17,18). The number of piperidine rings is 1. The van der Waals surface area contributed by atoms with Crippen LogP contribution in [-0.4, -0.2) is 41.7 Å². The van der Waals surface area contributed by atoms with Crippen molar-refractivity contribution in [1.29, 1.82) is 0 Å². The van der Waals surface area contributed by atoms with E-state index in [1.165, 1.54) is 0 Å². The van der Waals surface area contributed by atoms with Crippen molar-refractivity contribution in [3.63, 3.8) is 0 Å². The van der Waals surface area contributed by atoms with Crippen LogP contribution in [0.2, 0.25) is 0 Å². The van der Waals surface area contributed by atoms with Crippen LogP contribution in [0.15, 0.2) is 36.9 Å². The Morgan fingerprint density at radius 2 is 2.21 bits per heavy atom. The molecular weight excluding hydrogens is 242 g/mol. The highest BCUT2D eigenvalue weighted by Gasteiger charge is 2.19. The minimum Gasteiger partial charge on any atom is -0.490 e. The molecule has 0 atom stereocenters. The van der Waals surface area contributed by atoms with E-state index in [4.69, 9.17) is 9.84 Å². The molecule has 0 spiro atoms. The average Bonchev–Trinajstić information content (AvgIpc) is 2.42. The summed E-state index contributed by atoms with van der Waals surface area (Å²) in [5.41, 5.74) is 0.265. The smallest absolute Gasteiger partial charge is 0.335 e. The zero-order valence-electron chi connectivity index (χ0n) is 10.9.